The number of rotatable bonds is 7. The van der Waals surface area contributed by atoms with Crippen LogP contribution in [-0.4, -0.2) is 16.1 Å². The standard InChI is InChI=1S/C12H20N2O/c1-3-4-5-6-7-8-14-9-11(2)12(10-15)13-14/h9-10H,3-8H2,1-2H3. The second-order valence-corrected chi connectivity index (χ2v) is 3.99. The minimum absolute atomic E-state index is 0.573. The first-order chi connectivity index (χ1) is 7.27. The lowest BCUT2D eigenvalue weighted by Gasteiger charge is -2.00. The highest BCUT2D eigenvalue weighted by molar-refractivity contribution is 5.73. The number of hydrogen-bond donors (Lipinski definition) is 0. The van der Waals surface area contributed by atoms with E-state index in [9.17, 15) is 4.79 Å². The van der Waals surface area contributed by atoms with Crippen molar-refractivity contribution < 1.29 is 4.79 Å². The van der Waals surface area contributed by atoms with Gasteiger partial charge in [0.25, 0.3) is 0 Å². The predicted octanol–water partition coefficient (Wildman–Crippen LogP) is 2.97. The van der Waals surface area contributed by atoms with Crippen molar-refractivity contribution in [3.63, 3.8) is 0 Å². The summed E-state index contributed by atoms with van der Waals surface area (Å²) in [5.74, 6) is 0. The number of carbonyl (C=O) groups is 1. The Labute approximate surface area is 91.5 Å². The van der Waals surface area contributed by atoms with Crippen LogP contribution in [0.5, 0.6) is 0 Å². The molecule has 3 heteroatoms. The average molecular weight is 208 g/mol. The third-order valence-electron chi connectivity index (χ3n) is 2.59. The van der Waals surface area contributed by atoms with Gasteiger partial charge in [0.2, 0.25) is 0 Å². The molecule has 1 heterocycles. The lowest BCUT2D eigenvalue weighted by molar-refractivity contribution is 0.111. The number of aldehydes is 1. The monoisotopic (exact) mass is 208 g/mol. The molecule has 0 spiro atoms. The molecule has 0 N–H and O–H groups in total. The van der Waals surface area contributed by atoms with Gasteiger partial charge in [0.15, 0.2) is 6.29 Å². The van der Waals surface area contributed by atoms with Gasteiger partial charge in [0.05, 0.1) is 0 Å². The van der Waals surface area contributed by atoms with Crippen molar-refractivity contribution in [2.45, 2.75) is 52.5 Å². The Morgan fingerprint density at radius 2 is 2.07 bits per heavy atom. The smallest absolute Gasteiger partial charge is 0.170 e. The van der Waals surface area contributed by atoms with Gasteiger partial charge in [0.1, 0.15) is 5.69 Å². The van der Waals surface area contributed by atoms with Crippen molar-refractivity contribution in [2.24, 2.45) is 0 Å². The highest BCUT2D eigenvalue weighted by atomic mass is 16.1. The second-order valence-electron chi connectivity index (χ2n) is 3.99. The normalized spacial score (nSPS) is 10.5. The Balaban J connectivity index is 2.28. The van der Waals surface area contributed by atoms with Gasteiger partial charge in [-0.25, -0.2) is 0 Å². The Morgan fingerprint density at radius 3 is 2.67 bits per heavy atom. The summed E-state index contributed by atoms with van der Waals surface area (Å²) in [6.45, 7) is 5.07. The quantitative estimate of drug-likeness (QED) is 0.510. The molecular formula is C12H20N2O. The summed E-state index contributed by atoms with van der Waals surface area (Å²) in [5.41, 5.74) is 1.54. The highest BCUT2D eigenvalue weighted by Crippen LogP contribution is 2.06. The maximum absolute atomic E-state index is 10.6. The van der Waals surface area contributed by atoms with Gasteiger partial charge in [0, 0.05) is 12.7 Å². The summed E-state index contributed by atoms with van der Waals surface area (Å²) >= 11 is 0. The first-order valence-electron chi connectivity index (χ1n) is 5.77. The topological polar surface area (TPSA) is 34.9 Å². The summed E-state index contributed by atoms with van der Waals surface area (Å²) in [7, 11) is 0. The molecule has 1 aromatic rings. The van der Waals surface area contributed by atoms with Gasteiger partial charge in [-0.2, -0.15) is 5.10 Å². The second kappa shape index (κ2) is 6.38. The predicted molar refractivity (Wildman–Crippen MR) is 61.1 cm³/mol. The van der Waals surface area contributed by atoms with E-state index in [0.29, 0.717) is 5.69 Å². The van der Waals surface area contributed by atoms with Crippen LogP contribution in [0.2, 0.25) is 0 Å². The number of aromatic nitrogens is 2. The molecule has 0 aromatic carbocycles. The van der Waals surface area contributed by atoms with Gasteiger partial charge >= 0.3 is 0 Å². The zero-order valence-corrected chi connectivity index (χ0v) is 9.70. The Hall–Kier alpha value is -1.12. The SMILES string of the molecule is CCCCCCCn1cc(C)c(C=O)n1. The number of unbranched alkanes of at least 4 members (excludes halogenated alkanes) is 4. The molecular weight excluding hydrogens is 188 g/mol. The lowest BCUT2D eigenvalue weighted by atomic mass is 10.1. The van der Waals surface area contributed by atoms with E-state index in [1.165, 1.54) is 25.7 Å². The summed E-state index contributed by atoms with van der Waals surface area (Å²) in [4.78, 5) is 10.6. The van der Waals surface area contributed by atoms with Crippen LogP contribution in [0.4, 0.5) is 0 Å². The fourth-order valence-electron chi connectivity index (χ4n) is 1.64. The maximum Gasteiger partial charge on any atom is 0.170 e. The molecule has 0 bridgehead atoms. The van der Waals surface area contributed by atoms with Crippen LogP contribution in [0.1, 0.15) is 55.1 Å². The summed E-state index contributed by atoms with van der Waals surface area (Å²) in [5, 5.41) is 4.19. The number of aryl methyl sites for hydroxylation is 2. The zero-order chi connectivity index (χ0) is 11.1. The molecule has 0 atom stereocenters. The van der Waals surface area contributed by atoms with Gasteiger partial charge < -0.3 is 0 Å². The minimum atomic E-state index is 0.573. The zero-order valence-electron chi connectivity index (χ0n) is 9.70. The van der Waals surface area contributed by atoms with Gasteiger partial charge in [-0.1, -0.05) is 32.6 Å². The van der Waals surface area contributed by atoms with Gasteiger partial charge in [-0.05, 0) is 18.9 Å². The molecule has 0 saturated carbocycles. The van der Waals surface area contributed by atoms with Crippen LogP contribution in [0.15, 0.2) is 6.20 Å². The summed E-state index contributed by atoms with van der Waals surface area (Å²) < 4.78 is 1.88. The average Bonchev–Trinajstić information content (AvgIpc) is 2.59. The van der Waals surface area contributed by atoms with Crippen LogP contribution in [-0.2, 0) is 6.54 Å². The number of hydrogen-bond acceptors (Lipinski definition) is 2. The highest BCUT2D eigenvalue weighted by Gasteiger charge is 2.02. The first-order valence-corrected chi connectivity index (χ1v) is 5.77. The molecule has 3 nitrogen and oxygen atoms in total. The molecule has 84 valence electrons. The van der Waals surface area contributed by atoms with Crippen LogP contribution >= 0.6 is 0 Å². The van der Waals surface area contributed by atoms with Crippen molar-refractivity contribution in [3.8, 4) is 0 Å². The molecule has 0 fully saturated rings. The molecule has 0 aliphatic carbocycles. The molecule has 1 aromatic heterocycles. The van der Waals surface area contributed by atoms with E-state index in [1.807, 2.05) is 17.8 Å². The van der Waals surface area contributed by atoms with E-state index >= 15 is 0 Å². The fourth-order valence-corrected chi connectivity index (χ4v) is 1.64. The molecule has 15 heavy (non-hydrogen) atoms. The van der Waals surface area contributed by atoms with Crippen LogP contribution in [0, 0.1) is 6.92 Å². The van der Waals surface area contributed by atoms with Crippen molar-refractivity contribution >= 4 is 6.29 Å². The van der Waals surface area contributed by atoms with Crippen LogP contribution < -0.4 is 0 Å². The van der Waals surface area contributed by atoms with Crippen LogP contribution in [0.3, 0.4) is 0 Å². The summed E-state index contributed by atoms with van der Waals surface area (Å²) in [6.07, 6.45) is 9.07. The third-order valence-corrected chi connectivity index (χ3v) is 2.59. The largest absolute Gasteiger partial charge is 0.296 e. The molecule has 0 radical (unpaired) electrons. The molecule has 0 saturated heterocycles. The van der Waals surface area contributed by atoms with E-state index in [2.05, 4.69) is 12.0 Å². The maximum atomic E-state index is 10.6. The van der Waals surface area contributed by atoms with E-state index < -0.39 is 0 Å². The Morgan fingerprint density at radius 1 is 1.33 bits per heavy atom. The van der Waals surface area contributed by atoms with Crippen LogP contribution in [0.25, 0.3) is 0 Å². The van der Waals surface area contributed by atoms with E-state index in [-0.39, 0.29) is 0 Å². The molecule has 0 unspecified atom stereocenters. The van der Waals surface area contributed by atoms with Gasteiger partial charge in [-0.15, -0.1) is 0 Å². The lowest BCUT2D eigenvalue weighted by Crippen LogP contribution is -1.99. The third kappa shape index (κ3) is 3.86. The summed E-state index contributed by atoms with van der Waals surface area (Å²) in [6, 6.07) is 0. The number of carbonyl (C=O) groups excluding carboxylic acids is 1. The van der Waals surface area contributed by atoms with Crippen molar-refractivity contribution in [3.05, 3.63) is 17.5 Å². The molecule has 0 aliphatic heterocycles. The van der Waals surface area contributed by atoms with E-state index in [1.54, 1.807) is 0 Å². The fraction of sp³-hybridized carbons (Fsp3) is 0.667. The first kappa shape index (κ1) is 12.0. The molecule has 1 rings (SSSR count). The Kier molecular flexibility index (Phi) is 5.08. The van der Waals surface area contributed by atoms with Crippen molar-refractivity contribution in [2.75, 3.05) is 0 Å². The van der Waals surface area contributed by atoms with E-state index in [0.717, 1.165) is 24.8 Å². The van der Waals surface area contributed by atoms with Crippen molar-refractivity contribution in [1.82, 2.24) is 9.78 Å². The van der Waals surface area contributed by atoms with Gasteiger partial charge in [-0.3, -0.25) is 9.48 Å². The molecule has 0 aliphatic rings. The Bertz CT molecular complexity index is 305. The molecule has 0 amide bonds. The van der Waals surface area contributed by atoms with E-state index in [4.69, 9.17) is 0 Å². The van der Waals surface area contributed by atoms with Crippen molar-refractivity contribution in [1.29, 1.82) is 0 Å². The number of nitrogens with zero attached hydrogens (tertiary/aromatic N) is 2. The minimum Gasteiger partial charge on any atom is -0.296 e.